The van der Waals surface area contributed by atoms with Crippen molar-refractivity contribution in [3.05, 3.63) is 24.2 Å². The fourth-order valence-electron chi connectivity index (χ4n) is 2.80. The van der Waals surface area contributed by atoms with Crippen LogP contribution in [0.25, 0.3) is 0 Å². The summed E-state index contributed by atoms with van der Waals surface area (Å²) in [4.78, 5) is 14.2. The maximum Gasteiger partial charge on any atom is 0.237 e. The third kappa shape index (κ3) is 2.53. The van der Waals surface area contributed by atoms with E-state index in [4.69, 9.17) is 10.2 Å². The summed E-state index contributed by atoms with van der Waals surface area (Å²) in [7, 11) is 0. The third-order valence-electron chi connectivity index (χ3n) is 4.33. The summed E-state index contributed by atoms with van der Waals surface area (Å²) in [6, 6.07) is 3.55. The zero-order chi connectivity index (χ0) is 13.5. The van der Waals surface area contributed by atoms with Gasteiger partial charge in [0.25, 0.3) is 0 Å². The van der Waals surface area contributed by atoms with E-state index in [1.807, 2.05) is 19.1 Å². The van der Waals surface area contributed by atoms with Crippen molar-refractivity contribution in [3.8, 4) is 0 Å². The molecule has 1 unspecified atom stereocenters. The average Bonchev–Trinajstić information content (AvgIpc) is 3.09. The molecular formula is C14H21N3O2. The Morgan fingerprint density at radius 1 is 1.63 bits per heavy atom. The van der Waals surface area contributed by atoms with Gasteiger partial charge in [0.15, 0.2) is 0 Å². The third-order valence-corrected chi connectivity index (χ3v) is 4.33. The number of carbonyl (C=O) groups excluding carboxylic acids is 1. The van der Waals surface area contributed by atoms with E-state index in [-0.39, 0.29) is 17.5 Å². The van der Waals surface area contributed by atoms with Gasteiger partial charge in [0.2, 0.25) is 5.91 Å². The van der Waals surface area contributed by atoms with Crippen LogP contribution in [0.2, 0.25) is 0 Å². The van der Waals surface area contributed by atoms with Crippen molar-refractivity contribution in [2.24, 2.45) is 11.7 Å². The molecule has 2 aliphatic rings. The number of carbonyl (C=O) groups is 1. The van der Waals surface area contributed by atoms with E-state index in [9.17, 15) is 4.79 Å². The molecule has 1 aromatic heterocycles. The number of rotatable bonds is 5. The van der Waals surface area contributed by atoms with Gasteiger partial charge in [-0.05, 0) is 37.8 Å². The maximum absolute atomic E-state index is 12.0. The Bertz CT molecular complexity index is 447. The second-order valence-electron chi connectivity index (χ2n) is 5.89. The number of nitrogens with zero attached hydrogens (tertiary/aromatic N) is 1. The van der Waals surface area contributed by atoms with Crippen LogP contribution in [0.5, 0.6) is 0 Å². The molecule has 1 saturated carbocycles. The van der Waals surface area contributed by atoms with E-state index in [0.29, 0.717) is 12.5 Å². The molecule has 2 heterocycles. The first kappa shape index (κ1) is 12.7. The minimum Gasteiger partial charge on any atom is -0.467 e. The Morgan fingerprint density at radius 2 is 2.37 bits per heavy atom. The molecule has 1 saturated heterocycles. The van der Waals surface area contributed by atoms with Gasteiger partial charge in [-0.1, -0.05) is 0 Å². The van der Waals surface area contributed by atoms with Gasteiger partial charge < -0.3 is 15.5 Å². The maximum atomic E-state index is 12.0. The van der Waals surface area contributed by atoms with E-state index < -0.39 is 0 Å². The van der Waals surface area contributed by atoms with E-state index in [1.54, 1.807) is 6.26 Å². The Morgan fingerprint density at radius 3 is 2.95 bits per heavy atom. The summed E-state index contributed by atoms with van der Waals surface area (Å²) in [5.74, 6) is 1.49. The average molecular weight is 263 g/mol. The number of nitrogens with two attached hydrogens (primary N) is 1. The van der Waals surface area contributed by atoms with Crippen molar-refractivity contribution >= 4 is 5.91 Å². The smallest absolute Gasteiger partial charge is 0.237 e. The summed E-state index contributed by atoms with van der Waals surface area (Å²) in [5.41, 5.74) is 6.27. The Hall–Kier alpha value is -1.33. The van der Waals surface area contributed by atoms with E-state index >= 15 is 0 Å². The number of nitrogens with one attached hydrogen (secondary N) is 1. The molecule has 5 heteroatoms. The molecule has 0 aromatic carbocycles. The van der Waals surface area contributed by atoms with Crippen molar-refractivity contribution in [2.75, 3.05) is 13.1 Å². The van der Waals surface area contributed by atoms with Crippen LogP contribution in [-0.2, 0) is 11.3 Å². The van der Waals surface area contributed by atoms with Crippen LogP contribution in [0, 0.1) is 5.92 Å². The lowest BCUT2D eigenvalue weighted by molar-refractivity contribution is -0.129. The molecular weight excluding hydrogens is 242 g/mol. The van der Waals surface area contributed by atoms with E-state index in [2.05, 4.69) is 10.2 Å². The van der Waals surface area contributed by atoms with Gasteiger partial charge in [-0.2, -0.15) is 0 Å². The molecule has 1 aromatic rings. The largest absolute Gasteiger partial charge is 0.467 e. The lowest BCUT2D eigenvalue weighted by Crippen LogP contribution is -2.71. The molecule has 1 aliphatic carbocycles. The van der Waals surface area contributed by atoms with Gasteiger partial charge in [0, 0.05) is 18.6 Å². The summed E-state index contributed by atoms with van der Waals surface area (Å²) in [6.45, 7) is 4.06. The SMILES string of the molecule is CC(C(=O)NCc1ccco1)N1CC(N)(C2CC2)C1. The first-order valence-electron chi connectivity index (χ1n) is 6.91. The fraction of sp³-hybridized carbons (Fsp3) is 0.643. The molecule has 1 aliphatic heterocycles. The van der Waals surface area contributed by atoms with Crippen LogP contribution in [0.1, 0.15) is 25.5 Å². The molecule has 0 spiro atoms. The van der Waals surface area contributed by atoms with E-state index in [1.165, 1.54) is 12.8 Å². The van der Waals surface area contributed by atoms with Gasteiger partial charge in [-0.25, -0.2) is 0 Å². The predicted octanol–water partition coefficient (Wildman–Crippen LogP) is 0.707. The highest BCUT2D eigenvalue weighted by Gasteiger charge is 2.51. The monoisotopic (exact) mass is 263 g/mol. The summed E-state index contributed by atoms with van der Waals surface area (Å²) in [5, 5.41) is 2.89. The van der Waals surface area contributed by atoms with Gasteiger partial charge in [0.1, 0.15) is 5.76 Å². The number of likely N-dealkylation sites (tertiary alicyclic amines) is 1. The highest BCUT2D eigenvalue weighted by Crippen LogP contribution is 2.43. The van der Waals surface area contributed by atoms with Crippen LogP contribution in [0.4, 0.5) is 0 Å². The van der Waals surface area contributed by atoms with Crippen LogP contribution in [-0.4, -0.2) is 35.5 Å². The molecule has 1 amide bonds. The summed E-state index contributed by atoms with van der Waals surface area (Å²) < 4.78 is 5.19. The van der Waals surface area contributed by atoms with Gasteiger partial charge in [-0.3, -0.25) is 9.69 Å². The molecule has 3 N–H and O–H groups in total. The standard InChI is InChI=1S/C14H21N3O2/c1-10(13(18)16-7-12-3-2-6-19-12)17-8-14(15,9-17)11-4-5-11/h2-3,6,10-11H,4-5,7-9,15H2,1H3,(H,16,18). The summed E-state index contributed by atoms with van der Waals surface area (Å²) >= 11 is 0. The predicted molar refractivity (Wildman–Crippen MR) is 71.2 cm³/mol. The number of hydrogen-bond donors (Lipinski definition) is 2. The van der Waals surface area contributed by atoms with Crippen molar-refractivity contribution in [2.45, 2.75) is 37.9 Å². The van der Waals surface area contributed by atoms with Crippen LogP contribution >= 0.6 is 0 Å². The number of furan rings is 1. The Kier molecular flexibility index (Phi) is 3.11. The van der Waals surface area contributed by atoms with Gasteiger partial charge in [-0.15, -0.1) is 0 Å². The van der Waals surface area contributed by atoms with Gasteiger partial charge >= 0.3 is 0 Å². The highest BCUT2D eigenvalue weighted by atomic mass is 16.3. The molecule has 1 atom stereocenters. The summed E-state index contributed by atoms with van der Waals surface area (Å²) in [6.07, 6.45) is 4.12. The molecule has 2 fully saturated rings. The Labute approximate surface area is 113 Å². The Balaban J connectivity index is 1.45. The molecule has 19 heavy (non-hydrogen) atoms. The fourth-order valence-corrected chi connectivity index (χ4v) is 2.80. The van der Waals surface area contributed by atoms with Crippen molar-refractivity contribution in [1.29, 1.82) is 0 Å². The van der Waals surface area contributed by atoms with Crippen LogP contribution < -0.4 is 11.1 Å². The zero-order valence-corrected chi connectivity index (χ0v) is 11.3. The van der Waals surface area contributed by atoms with E-state index in [0.717, 1.165) is 18.8 Å². The lowest BCUT2D eigenvalue weighted by Gasteiger charge is -2.50. The number of amides is 1. The highest BCUT2D eigenvalue weighted by molar-refractivity contribution is 5.81. The second-order valence-corrected chi connectivity index (χ2v) is 5.89. The minimum absolute atomic E-state index is 0.0322. The lowest BCUT2D eigenvalue weighted by atomic mass is 9.84. The second kappa shape index (κ2) is 4.65. The molecule has 0 radical (unpaired) electrons. The molecule has 5 nitrogen and oxygen atoms in total. The normalized spacial score (nSPS) is 23.7. The van der Waals surface area contributed by atoms with Crippen molar-refractivity contribution < 1.29 is 9.21 Å². The minimum atomic E-state index is -0.120. The molecule has 104 valence electrons. The van der Waals surface area contributed by atoms with Crippen LogP contribution in [0.15, 0.2) is 22.8 Å². The quantitative estimate of drug-likeness (QED) is 0.820. The van der Waals surface area contributed by atoms with Crippen molar-refractivity contribution in [3.63, 3.8) is 0 Å². The van der Waals surface area contributed by atoms with Crippen LogP contribution in [0.3, 0.4) is 0 Å². The molecule has 3 rings (SSSR count). The number of hydrogen-bond acceptors (Lipinski definition) is 4. The first-order valence-corrected chi connectivity index (χ1v) is 6.91. The topological polar surface area (TPSA) is 71.5 Å². The van der Waals surface area contributed by atoms with Gasteiger partial charge in [0.05, 0.1) is 18.8 Å². The zero-order valence-electron chi connectivity index (χ0n) is 11.3. The first-order chi connectivity index (χ1) is 9.08. The van der Waals surface area contributed by atoms with Crippen molar-refractivity contribution in [1.82, 2.24) is 10.2 Å². The molecule has 0 bridgehead atoms.